The van der Waals surface area contributed by atoms with Gasteiger partial charge >= 0.3 is 0 Å². The molecule has 0 N–H and O–H groups in total. The minimum Gasteiger partial charge on any atom is -0.315 e. The Kier molecular flexibility index (Phi) is 2.39. The lowest BCUT2D eigenvalue weighted by Gasteiger charge is -2.14. The minimum absolute atomic E-state index is 0.248. The van der Waals surface area contributed by atoms with E-state index in [9.17, 15) is 5.26 Å². The molecule has 1 aliphatic carbocycles. The predicted molar refractivity (Wildman–Crippen MR) is 58.5 cm³/mol. The Morgan fingerprint density at radius 2 is 2.40 bits per heavy atom. The molecule has 0 saturated heterocycles. The molecule has 15 heavy (non-hydrogen) atoms. The maximum atomic E-state index is 9.24. The van der Waals surface area contributed by atoms with Crippen LogP contribution in [0.4, 0.5) is 0 Å². The molecule has 1 atom stereocenters. The van der Waals surface area contributed by atoms with Crippen LogP contribution in [-0.4, -0.2) is 6.54 Å². The van der Waals surface area contributed by atoms with E-state index in [4.69, 9.17) is 18.2 Å². The fraction of sp³-hybridized carbons (Fsp3) is 0.333. The van der Waals surface area contributed by atoms with Crippen molar-refractivity contribution in [3.63, 3.8) is 0 Å². The highest BCUT2D eigenvalue weighted by atomic mass is 35.5. The van der Waals surface area contributed by atoms with E-state index >= 15 is 0 Å². The van der Waals surface area contributed by atoms with Gasteiger partial charge in [0.1, 0.15) is 0 Å². The standard InChI is InChI=1S/C12H9ClN2/c1-15-8-12(7-14)5-4-9-6-10(13)2-3-11(9)12/h2-3,6H,4-5,8H2. The quantitative estimate of drug-likeness (QED) is 0.664. The van der Waals surface area contributed by atoms with Crippen LogP contribution in [0.2, 0.25) is 5.02 Å². The molecule has 0 aromatic heterocycles. The Labute approximate surface area is 93.9 Å². The monoisotopic (exact) mass is 216 g/mol. The summed E-state index contributed by atoms with van der Waals surface area (Å²) in [6.07, 6.45) is 1.58. The van der Waals surface area contributed by atoms with Crippen molar-refractivity contribution < 1.29 is 0 Å². The summed E-state index contributed by atoms with van der Waals surface area (Å²) < 4.78 is 0. The van der Waals surface area contributed by atoms with Gasteiger partial charge in [-0.1, -0.05) is 17.7 Å². The maximum absolute atomic E-state index is 9.24. The molecule has 3 heteroatoms. The molecule has 1 aliphatic rings. The van der Waals surface area contributed by atoms with Crippen LogP contribution >= 0.6 is 11.6 Å². The van der Waals surface area contributed by atoms with E-state index in [-0.39, 0.29) is 6.54 Å². The van der Waals surface area contributed by atoms with Gasteiger partial charge in [0.2, 0.25) is 6.54 Å². The van der Waals surface area contributed by atoms with Gasteiger partial charge < -0.3 is 4.85 Å². The van der Waals surface area contributed by atoms with Crippen molar-refractivity contribution in [2.24, 2.45) is 0 Å². The number of aryl methyl sites for hydroxylation is 1. The van der Waals surface area contributed by atoms with E-state index in [0.29, 0.717) is 5.02 Å². The zero-order valence-electron chi connectivity index (χ0n) is 8.13. The Hall–Kier alpha value is -1.51. The van der Waals surface area contributed by atoms with Crippen LogP contribution in [0.1, 0.15) is 17.5 Å². The highest BCUT2D eigenvalue weighted by Gasteiger charge is 2.42. The number of fused-ring (bicyclic) bond motifs is 1. The summed E-state index contributed by atoms with van der Waals surface area (Å²) >= 11 is 5.89. The average Bonchev–Trinajstić information content (AvgIpc) is 2.58. The molecule has 2 nitrogen and oxygen atoms in total. The minimum atomic E-state index is -0.596. The van der Waals surface area contributed by atoms with Crippen LogP contribution in [0.5, 0.6) is 0 Å². The molecule has 0 amide bonds. The molecule has 1 unspecified atom stereocenters. The first-order chi connectivity index (χ1) is 7.22. The Bertz CT molecular complexity index is 481. The van der Waals surface area contributed by atoms with Crippen LogP contribution in [0.3, 0.4) is 0 Å². The normalized spacial score (nSPS) is 22.9. The highest BCUT2D eigenvalue weighted by Crippen LogP contribution is 2.39. The van der Waals surface area contributed by atoms with Crippen molar-refractivity contribution in [1.29, 1.82) is 5.26 Å². The molecule has 2 rings (SSSR count). The molecular weight excluding hydrogens is 208 g/mol. The van der Waals surface area contributed by atoms with Crippen LogP contribution in [0.25, 0.3) is 4.85 Å². The van der Waals surface area contributed by atoms with Gasteiger partial charge in [0.05, 0.1) is 6.07 Å². The lowest BCUT2D eigenvalue weighted by atomic mass is 9.83. The van der Waals surface area contributed by atoms with Crippen molar-refractivity contribution in [2.75, 3.05) is 6.54 Å². The molecular formula is C12H9ClN2. The van der Waals surface area contributed by atoms with E-state index in [1.807, 2.05) is 12.1 Å². The van der Waals surface area contributed by atoms with Crippen LogP contribution in [0.15, 0.2) is 18.2 Å². The fourth-order valence-corrected chi connectivity index (χ4v) is 2.36. The molecule has 1 aromatic rings. The maximum Gasteiger partial charge on any atom is 0.237 e. The predicted octanol–water partition coefficient (Wildman–Crippen LogP) is 2.97. The van der Waals surface area contributed by atoms with Gasteiger partial charge in [-0.25, -0.2) is 6.57 Å². The topological polar surface area (TPSA) is 28.1 Å². The first-order valence-corrected chi connectivity index (χ1v) is 5.13. The molecule has 0 spiro atoms. The van der Waals surface area contributed by atoms with Gasteiger partial charge in [-0.3, -0.25) is 0 Å². The molecule has 1 aromatic carbocycles. The number of nitrogens with zero attached hydrogens (tertiary/aromatic N) is 2. The second-order valence-corrected chi connectivity index (χ2v) is 4.25. The third-order valence-corrected chi connectivity index (χ3v) is 3.20. The second-order valence-electron chi connectivity index (χ2n) is 3.81. The molecule has 0 bridgehead atoms. The third kappa shape index (κ3) is 1.48. The van der Waals surface area contributed by atoms with E-state index in [0.717, 1.165) is 24.0 Å². The van der Waals surface area contributed by atoms with E-state index in [1.54, 1.807) is 6.07 Å². The highest BCUT2D eigenvalue weighted by molar-refractivity contribution is 6.30. The average molecular weight is 217 g/mol. The van der Waals surface area contributed by atoms with Gasteiger partial charge in [-0.15, -0.1) is 0 Å². The second kappa shape index (κ2) is 3.57. The van der Waals surface area contributed by atoms with Gasteiger partial charge in [0, 0.05) is 5.02 Å². The van der Waals surface area contributed by atoms with Crippen molar-refractivity contribution >= 4 is 11.6 Å². The van der Waals surface area contributed by atoms with E-state index < -0.39 is 5.41 Å². The van der Waals surface area contributed by atoms with Crippen molar-refractivity contribution in [3.05, 3.63) is 45.8 Å². The van der Waals surface area contributed by atoms with E-state index in [1.165, 1.54) is 0 Å². The molecule has 74 valence electrons. The summed E-state index contributed by atoms with van der Waals surface area (Å²) in [6, 6.07) is 7.88. The number of nitriles is 1. The summed E-state index contributed by atoms with van der Waals surface area (Å²) in [4.78, 5) is 3.38. The molecule has 0 saturated carbocycles. The van der Waals surface area contributed by atoms with Crippen LogP contribution in [0, 0.1) is 17.9 Å². The number of hydrogen-bond donors (Lipinski definition) is 0. The summed E-state index contributed by atoms with van der Waals surface area (Å²) in [5.41, 5.74) is 1.51. The number of rotatable bonds is 1. The van der Waals surface area contributed by atoms with Crippen molar-refractivity contribution in [3.8, 4) is 6.07 Å². The van der Waals surface area contributed by atoms with E-state index in [2.05, 4.69) is 10.9 Å². The zero-order chi connectivity index (χ0) is 10.9. The zero-order valence-corrected chi connectivity index (χ0v) is 8.88. The smallest absolute Gasteiger partial charge is 0.237 e. The fourth-order valence-electron chi connectivity index (χ4n) is 2.17. The number of benzene rings is 1. The lowest BCUT2D eigenvalue weighted by Crippen LogP contribution is -2.23. The Morgan fingerprint density at radius 3 is 3.07 bits per heavy atom. The van der Waals surface area contributed by atoms with Crippen molar-refractivity contribution in [2.45, 2.75) is 18.3 Å². The van der Waals surface area contributed by atoms with Gasteiger partial charge in [-0.2, -0.15) is 5.26 Å². The summed E-state index contributed by atoms with van der Waals surface area (Å²) in [5, 5.41) is 9.94. The van der Waals surface area contributed by atoms with Crippen molar-refractivity contribution in [1.82, 2.24) is 0 Å². The van der Waals surface area contributed by atoms with Crippen LogP contribution < -0.4 is 0 Å². The Morgan fingerprint density at radius 1 is 1.60 bits per heavy atom. The first-order valence-electron chi connectivity index (χ1n) is 4.75. The summed E-state index contributed by atoms with van der Waals surface area (Å²) in [5.74, 6) is 0. The number of hydrogen-bond acceptors (Lipinski definition) is 1. The third-order valence-electron chi connectivity index (χ3n) is 2.97. The largest absolute Gasteiger partial charge is 0.315 e. The SMILES string of the molecule is [C-]#[N+]CC1(C#N)CCc2cc(Cl)ccc21. The van der Waals surface area contributed by atoms with Crippen LogP contribution in [-0.2, 0) is 11.8 Å². The number of halogens is 1. The summed E-state index contributed by atoms with van der Waals surface area (Å²) in [7, 11) is 0. The Balaban J connectivity index is 2.53. The molecule has 0 heterocycles. The molecule has 0 fully saturated rings. The van der Waals surface area contributed by atoms with Gasteiger partial charge in [0.25, 0.3) is 0 Å². The van der Waals surface area contributed by atoms with Gasteiger partial charge in [0.15, 0.2) is 5.41 Å². The summed E-state index contributed by atoms with van der Waals surface area (Å²) in [6.45, 7) is 7.18. The molecule has 0 radical (unpaired) electrons. The molecule has 0 aliphatic heterocycles. The van der Waals surface area contributed by atoms with Gasteiger partial charge in [-0.05, 0) is 36.1 Å². The first kappa shape index (κ1) is 10.0. The lowest BCUT2D eigenvalue weighted by molar-refractivity contribution is 0.588.